The Morgan fingerprint density at radius 1 is 1.05 bits per heavy atom. The molecule has 0 aliphatic carbocycles. The summed E-state index contributed by atoms with van der Waals surface area (Å²) < 4.78 is 77.4. The monoisotopic (exact) mass is 344 g/mol. The minimum Gasteiger partial charge on any atom is -0.496 e. The van der Waals surface area contributed by atoms with Crippen LogP contribution in [0.15, 0.2) is 12.1 Å². The van der Waals surface area contributed by atoms with Crippen LogP contribution in [-0.4, -0.2) is 41.2 Å². The van der Waals surface area contributed by atoms with E-state index in [1.54, 1.807) is 0 Å². The molecule has 0 saturated heterocycles. The Kier molecular flexibility index (Phi) is 5.12. The number of alkyl halides is 3. The van der Waals surface area contributed by atoms with Gasteiger partial charge in [-0.15, -0.1) is 0 Å². The summed E-state index contributed by atoms with van der Waals surface area (Å²) in [6.45, 7) is 0. The van der Waals surface area contributed by atoms with Gasteiger partial charge in [-0.1, -0.05) is 0 Å². The molecule has 124 valence electrons. The third-order valence-corrected chi connectivity index (χ3v) is 3.33. The van der Waals surface area contributed by atoms with Gasteiger partial charge in [-0.05, 0) is 0 Å². The summed E-state index contributed by atoms with van der Waals surface area (Å²) in [4.78, 5) is 11.7. The lowest BCUT2D eigenvalue weighted by Gasteiger charge is -2.15. The van der Waals surface area contributed by atoms with Gasteiger partial charge in [0.2, 0.25) is 0 Å². The highest BCUT2D eigenvalue weighted by Crippen LogP contribution is 2.37. The number of carbonyl (C=O) groups is 1. The Hall–Kier alpha value is -2.17. The first kappa shape index (κ1) is 17.9. The standard InChI is InChI=1S/C11H11F3O7S/c1-18-6-4-7(19-2)9(10(15)20-3)8(5-6)21-22(16,17)11(12,13)14/h4-5H,1-3H3. The lowest BCUT2D eigenvalue weighted by atomic mass is 10.1. The summed E-state index contributed by atoms with van der Waals surface area (Å²) in [5.74, 6) is -2.44. The first-order valence-corrected chi connectivity index (χ1v) is 6.83. The minimum atomic E-state index is -5.98. The zero-order valence-electron chi connectivity index (χ0n) is 11.6. The predicted molar refractivity (Wildman–Crippen MR) is 66.5 cm³/mol. The smallest absolute Gasteiger partial charge is 0.496 e. The number of rotatable bonds is 5. The molecule has 0 spiro atoms. The van der Waals surface area contributed by atoms with Gasteiger partial charge in [0.1, 0.15) is 17.1 Å². The van der Waals surface area contributed by atoms with E-state index in [9.17, 15) is 26.4 Å². The van der Waals surface area contributed by atoms with E-state index < -0.39 is 32.9 Å². The zero-order chi connectivity index (χ0) is 17.1. The second kappa shape index (κ2) is 6.30. The summed E-state index contributed by atoms with van der Waals surface area (Å²) in [6.07, 6.45) is 0. The predicted octanol–water partition coefficient (Wildman–Crippen LogP) is 1.72. The van der Waals surface area contributed by atoms with Crippen LogP contribution >= 0.6 is 0 Å². The second-order valence-corrected chi connectivity index (χ2v) is 5.22. The van der Waals surface area contributed by atoms with Gasteiger partial charge >= 0.3 is 21.6 Å². The summed E-state index contributed by atoms with van der Waals surface area (Å²) >= 11 is 0. The van der Waals surface area contributed by atoms with Crippen molar-refractivity contribution in [3.05, 3.63) is 17.7 Å². The van der Waals surface area contributed by atoms with E-state index in [4.69, 9.17) is 9.47 Å². The highest BCUT2D eigenvalue weighted by molar-refractivity contribution is 7.88. The molecule has 0 aliphatic rings. The molecule has 0 bridgehead atoms. The fourth-order valence-corrected chi connectivity index (χ4v) is 1.84. The van der Waals surface area contributed by atoms with Crippen LogP contribution in [0.4, 0.5) is 13.2 Å². The van der Waals surface area contributed by atoms with Crippen molar-refractivity contribution >= 4 is 16.1 Å². The molecular weight excluding hydrogens is 333 g/mol. The molecular formula is C11H11F3O7S. The maximum Gasteiger partial charge on any atom is 0.534 e. The van der Waals surface area contributed by atoms with Crippen molar-refractivity contribution in [3.63, 3.8) is 0 Å². The van der Waals surface area contributed by atoms with Gasteiger partial charge in [0.05, 0.1) is 21.3 Å². The Morgan fingerprint density at radius 3 is 2.00 bits per heavy atom. The van der Waals surface area contributed by atoms with Crippen LogP contribution in [0.2, 0.25) is 0 Å². The first-order chi connectivity index (χ1) is 10.1. The molecule has 0 saturated carbocycles. The third kappa shape index (κ3) is 3.53. The molecule has 0 aliphatic heterocycles. The number of benzene rings is 1. The molecule has 0 atom stereocenters. The summed E-state index contributed by atoms with van der Waals surface area (Å²) in [5, 5.41) is 0. The SMILES string of the molecule is COC(=O)c1c(OC)cc(OC)cc1OS(=O)(=O)C(F)(F)F. The van der Waals surface area contributed by atoms with Gasteiger partial charge in [0.15, 0.2) is 5.75 Å². The van der Waals surface area contributed by atoms with Crippen LogP contribution in [0, 0.1) is 0 Å². The topological polar surface area (TPSA) is 88.1 Å². The average molecular weight is 344 g/mol. The van der Waals surface area contributed by atoms with Crippen molar-refractivity contribution in [2.24, 2.45) is 0 Å². The Bertz CT molecular complexity index is 667. The van der Waals surface area contributed by atoms with Gasteiger partial charge in [-0.25, -0.2) is 4.79 Å². The Morgan fingerprint density at radius 2 is 1.59 bits per heavy atom. The summed E-state index contributed by atoms with van der Waals surface area (Å²) in [6, 6.07) is 1.94. The number of halogens is 3. The zero-order valence-corrected chi connectivity index (χ0v) is 12.4. The fraction of sp³-hybridized carbons (Fsp3) is 0.364. The molecule has 1 rings (SSSR count). The van der Waals surface area contributed by atoms with Crippen molar-refractivity contribution in [1.82, 2.24) is 0 Å². The molecule has 1 aromatic rings. The van der Waals surface area contributed by atoms with Gasteiger partial charge in [0.25, 0.3) is 0 Å². The molecule has 0 unspecified atom stereocenters. The molecule has 0 heterocycles. The molecule has 0 aromatic heterocycles. The molecule has 0 N–H and O–H groups in total. The quantitative estimate of drug-likeness (QED) is 0.456. The van der Waals surface area contributed by atoms with Crippen molar-refractivity contribution < 1.29 is 44.8 Å². The van der Waals surface area contributed by atoms with Crippen LogP contribution in [0.3, 0.4) is 0 Å². The van der Waals surface area contributed by atoms with Gasteiger partial charge in [-0.3, -0.25) is 0 Å². The number of carbonyl (C=O) groups excluding carboxylic acids is 1. The Labute approximate surface area is 123 Å². The van der Waals surface area contributed by atoms with Crippen LogP contribution in [0.25, 0.3) is 0 Å². The van der Waals surface area contributed by atoms with E-state index in [2.05, 4.69) is 8.92 Å². The van der Waals surface area contributed by atoms with Crippen LogP contribution in [0.1, 0.15) is 10.4 Å². The second-order valence-electron chi connectivity index (χ2n) is 3.68. The van der Waals surface area contributed by atoms with E-state index in [1.165, 1.54) is 7.11 Å². The van der Waals surface area contributed by atoms with E-state index in [1.807, 2.05) is 0 Å². The van der Waals surface area contributed by atoms with E-state index in [0.717, 1.165) is 26.4 Å². The van der Waals surface area contributed by atoms with Crippen LogP contribution < -0.4 is 13.7 Å². The minimum absolute atomic E-state index is 0.0862. The molecule has 0 fully saturated rings. The van der Waals surface area contributed by atoms with Crippen molar-refractivity contribution in [3.8, 4) is 17.2 Å². The lowest BCUT2D eigenvalue weighted by Crippen LogP contribution is -2.28. The molecule has 0 amide bonds. The first-order valence-electron chi connectivity index (χ1n) is 5.42. The lowest BCUT2D eigenvalue weighted by molar-refractivity contribution is -0.0500. The molecule has 11 heteroatoms. The van der Waals surface area contributed by atoms with E-state index >= 15 is 0 Å². The highest BCUT2D eigenvalue weighted by Gasteiger charge is 2.49. The third-order valence-electron chi connectivity index (χ3n) is 2.37. The molecule has 7 nitrogen and oxygen atoms in total. The molecule has 0 radical (unpaired) electrons. The number of hydrogen-bond donors (Lipinski definition) is 0. The number of ether oxygens (including phenoxy) is 3. The highest BCUT2D eigenvalue weighted by atomic mass is 32.2. The van der Waals surface area contributed by atoms with Gasteiger partial charge in [-0.2, -0.15) is 21.6 Å². The van der Waals surface area contributed by atoms with E-state index in [-0.39, 0.29) is 11.5 Å². The Balaban J connectivity index is 3.54. The maximum atomic E-state index is 12.4. The largest absolute Gasteiger partial charge is 0.534 e. The van der Waals surface area contributed by atoms with Crippen LogP contribution in [-0.2, 0) is 14.9 Å². The number of esters is 1. The van der Waals surface area contributed by atoms with Crippen molar-refractivity contribution in [2.45, 2.75) is 5.51 Å². The summed E-state index contributed by atoms with van der Waals surface area (Å²) in [7, 11) is -2.74. The van der Waals surface area contributed by atoms with Crippen LogP contribution in [0.5, 0.6) is 17.2 Å². The molecule has 1 aromatic carbocycles. The maximum absolute atomic E-state index is 12.4. The van der Waals surface area contributed by atoms with E-state index in [0.29, 0.717) is 0 Å². The van der Waals surface area contributed by atoms with Gasteiger partial charge in [0, 0.05) is 12.1 Å². The number of methoxy groups -OCH3 is 3. The fourth-order valence-electron chi connectivity index (χ4n) is 1.38. The normalized spacial score (nSPS) is 11.7. The number of hydrogen-bond acceptors (Lipinski definition) is 7. The van der Waals surface area contributed by atoms with Gasteiger partial charge < -0.3 is 18.4 Å². The molecule has 22 heavy (non-hydrogen) atoms. The van der Waals surface area contributed by atoms with Crippen molar-refractivity contribution in [1.29, 1.82) is 0 Å². The summed E-state index contributed by atoms with van der Waals surface area (Å²) in [5.41, 5.74) is -6.30. The van der Waals surface area contributed by atoms with Crippen molar-refractivity contribution in [2.75, 3.05) is 21.3 Å². The average Bonchev–Trinajstić information content (AvgIpc) is 2.43.